The van der Waals surface area contributed by atoms with Crippen LogP contribution in [-0.2, 0) is 0 Å². The third-order valence-electron chi connectivity index (χ3n) is 9.67. The molecule has 0 saturated carbocycles. The average Bonchev–Trinajstić information content (AvgIpc) is 3.25. The lowest BCUT2D eigenvalue weighted by molar-refractivity contribution is 1.55. The number of fused-ring (bicyclic) bond motifs is 1. The molecule has 8 aromatic carbocycles. The Morgan fingerprint density at radius 1 is 0.278 bits per heavy atom. The monoisotopic (exact) mass is 688 g/mol. The van der Waals surface area contributed by atoms with Gasteiger partial charge in [-0.15, -0.1) is 0 Å². The van der Waals surface area contributed by atoms with Crippen LogP contribution in [0.5, 0.6) is 0 Å². The fourth-order valence-electron chi connectivity index (χ4n) is 6.85. The zero-order chi connectivity index (χ0) is 36.4. The van der Waals surface area contributed by atoms with E-state index in [4.69, 9.17) is 0 Å². The first-order valence-corrected chi connectivity index (χ1v) is 18.5. The average molecular weight is 689 g/mol. The summed E-state index contributed by atoms with van der Waals surface area (Å²) < 4.78 is 0. The molecule has 0 aliphatic carbocycles. The second-order valence-corrected chi connectivity index (χ2v) is 13.4. The van der Waals surface area contributed by atoms with Gasteiger partial charge in [-0.25, -0.2) is 0 Å². The Morgan fingerprint density at radius 3 is 1.07 bits per heavy atom. The van der Waals surface area contributed by atoms with Crippen LogP contribution in [0.3, 0.4) is 0 Å². The van der Waals surface area contributed by atoms with Crippen molar-refractivity contribution in [3.63, 3.8) is 0 Å². The molecule has 0 atom stereocenters. The second-order valence-electron chi connectivity index (χ2n) is 13.4. The molecular weight excluding hydrogens is 649 g/mol. The summed E-state index contributed by atoms with van der Waals surface area (Å²) in [4.78, 5) is 0. The van der Waals surface area contributed by atoms with Gasteiger partial charge in [-0.1, -0.05) is 218 Å². The van der Waals surface area contributed by atoms with E-state index in [1.807, 2.05) is 0 Å². The largest absolute Gasteiger partial charge is 0.0622 e. The van der Waals surface area contributed by atoms with Crippen molar-refractivity contribution in [3.8, 4) is 0 Å². The number of rotatable bonds is 10. The van der Waals surface area contributed by atoms with Crippen LogP contribution in [0.25, 0.3) is 58.4 Å². The van der Waals surface area contributed by atoms with Gasteiger partial charge >= 0.3 is 0 Å². The lowest BCUT2D eigenvalue weighted by Crippen LogP contribution is -1.88. The summed E-state index contributed by atoms with van der Waals surface area (Å²) in [6.45, 7) is 0. The maximum atomic E-state index is 2.28. The summed E-state index contributed by atoms with van der Waals surface area (Å²) in [6.07, 6.45) is 13.4. The van der Waals surface area contributed by atoms with E-state index in [-0.39, 0.29) is 0 Å². The first-order chi connectivity index (χ1) is 26.7. The number of hydrogen-bond donors (Lipinski definition) is 0. The first kappa shape index (κ1) is 34.1. The highest BCUT2D eigenvalue weighted by atomic mass is 14.1. The highest BCUT2D eigenvalue weighted by Crippen LogP contribution is 2.29. The summed E-state index contributed by atoms with van der Waals surface area (Å²) in [5.74, 6) is 0. The fourth-order valence-corrected chi connectivity index (χ4v) is 6.85. The summed E-state index contributed by atoms with van der Waals surface area (Å²) in [7, 11) is 0. The van der Waals surface area contributed by atoms with E-state index in [9.17, 15) is 0 Å². The topological polar surface area (TPSA) is 0 Å². The first-order valence-electron chi connectivity index (χ1n) is 18.5. The molecule has 0 aliphatic rings. The maximum absolute atomic E-state index is 2.28. The van der Waals surface area contributed by atoms with Crippen LogP contribution < -0.4 is 0 Å². The van der Waals surface area contributed by atoms with Crippen molar-refractivity contribution in [2.75, 3.05) is 0 Å². The van der Waals surface area contributed by atoms with E-state index in [2.05, 4.69) is 243 Å². The standard InChI is InChI=1S/C54H40/c1-5-15-46(16-6-1)53(47-17-7-2-8-18-47)39-43-30-25-41(26-31-43)29-34-45-37-50-23-13-14-24-52(50)51(38-45)36-35-42-27-32-44(33-28-42)40-54(48-19-9-3-10-20-48)49-21-11-4-12-22-49/h1-40H. The molecule has 0 fully saturated rings. The molecule has 0 N–H and O–H groups in total. The Morgan fingerprint density at radius 2 is 0.630 bits per heavy atom. The van der Waals surface area contributed by atoms with Crippen molar-refractivity contribution < 1.29 is 0 Å². The van der Waals surface area contributed by atoms with E-state index in [0.29, 0.717) is 0 Å². The third kappa shape index (κ3) is 8.37. The number of hydrogen-bond acceptors (Lipinski definition) is 0. The molecule has 256 valence electrons. The Hall–Kier alpha value is -7.02. The van der Waals surface area contributed by atoms with Gasteiger partial charge in [-0.2, -0.15) is 0 Å². The highest BCUT2D eigenvalue weighted by Gasteiger charge is 2.07. The Balaban J connectivity index is 1.03. The molecule has 0 radical (unpaired) electrons. The Bertz CT molecular complexity index is 2490. The minimum Gasteiger partial charge on any atom is -0.0622 e. The Kier molecular flexibility index (Phi) is 10.4. The highest BCUT2D eigenvalue weighted by molar-refractivity contribution is 5.96. The van der Waals surface area contributed by atoms with Gasteiger partial charge in [-0.05, 0) is 102 Å². The predicted molar refractivity (Wildman–Crippen MR) is 234 cm³/mol. The van der Waals surface area contributed by atoms with Crippen molar-refractivity contribution in [2.45, 2.75) is 0 Å². The van der Waals surface area contributed by atoms with Crippen molar-refractivity contribution in [2.24, 2.45) is 0 Å². The van der Waals surface area contributed by atoms with Crippen LogP contribution in [-0.4, -0.2) is 0 Å². The van der Waals surface area contributed by atoms with Gasteiger partial charge in [-0.3, -0.25) is 0 Å². The lowest BCUT2D eigenvalue weighted by Gasteiger charge is -2.09. The molecule has 8 rings (SSSR count). The molecule has 0 bridgehead atoms. The van der Waals surface area contributed by atoms with Crippen molar-refractivity contribution in [3.05, 3.63) is 262 Å². The smallest absolute Gasteiger partial charge is 0.0105 e. The van der Waals surface area contributed by atoms with E-state index < -0.39 is 0 Å². The van der Waals surface area contributed by atoms with E-state index in [1.165, 1.54) is 66.4 Å². The summed E-state index contributed by atoms with van der Waals surface area (Å²) in [5, 5.41) is 2.47. The Labute approximate surface area is 319 Å². The predicted octanol–water partition coefficient (Wildman–Crippen LogP) is 14.4. The van der Waals surface area contributed by atoms with Gasteiger partial charge < -0.3 is 0 Å². The second kappa shape index (κ2) is 16.5. The molecule has 0 aromatic heterocycles. The molecule has 0 heteroatoms. The van der Waals surface area contributed by atoms with Crippen LogP contribution >= 0.6 is 0 Å². The van der Waals surface area contributed by atoms with E-state index in [0.717, 1.165) is 11.1 Å². The van der Waals surface area contributed by atoms with Gasteiger partial charge in [0.15, 0.2) is 0 Å². The van der Waals surface area contributed by atoms with Gasteiger partial charge in [0.1, 0.15) is 0 Å². The molecule has 8 aromatic rings. The van der Waals surface area contributed by atoms with Crippen LogP contribution in [0.4, 0.5) is 0 Å². The molecule has 0 spiro atoms. The summed E-state index contributed by atoms with van der Waals surface area (Å²) >= 11 is 0. The van der Waals surface area contributed by atoms with Crippen LogP contribution in [0.1, 0.15) is 55.6 Å². The van der Waals surface area contributed by atoms with Gasteiger partial charge in [0.25, 0.3) is 0 Å². The zero-order valence-electron chi connectivity index (χ0n) is 30.1. The zero-order valence-corrected chi connectivity index (χ0v) is 30.1. The lowest BCUT2D eigenvalue weighted by atomic mass is 9.95. The van der Waals surface area contributed by atoms with Gasteiger partial charge in [0, 0.05) is 0 Å². The van der Waals surface area contributed by atoms with E-state index >= 15 is 0 Å². The third-order valence-corrected chi connectivity index (χ3v) is 9.67. The van der Waals surface area contributed by atoms with Crippen LogP contribution in [0, 0.1) is 0 Å². The number of benzene rings is 8. The minimum absolute atomic E-state index is 1.16. The molecule has 0 aliphatic heterocycles. The molecule has 0 unspecified atom stereocenters. The van der Waals surface area contributed by atoms with Crippen molar-refractivity contribution in [1.82, 2.24) is 0 Å². The normalized spacial score (nSPS) is 11.2. The molecule has 0 nitrogen and oxygen atoms in total. The van der Waals surface area contributed by atoms with Gasteiger partial charge in [0.2, 0.25) is 0 Å². The summed E-state index contributed by atoms with van der Waals surface area (Å²) in [5.41, 5.74) is 14.3. The molecular formula is C54H40. The summed E-state index contributed by atoms with van der Waals surface area (Å²) in [6, 6.07) is 73.2. The molecule has 0 saturated heterocycles. The van der Waals surface area contributed by atoms with Crippen LogP contribution in [0.2, 0.25) is 0 Å². The quantitative estimate of drug-likeness (QED) is 0.125. The van der Waals surface area contributed by atoms with E-state index in [1.54, 1.807) is 0 Å². The fraction of sp³-hybridized carbons (Fsp3) is 0. The molecule has 0 amide bonds. The van der Waals surface area contributed by atoms with Crippen molar-refractivity contribution in [1.29, 1.82) is 0 Å². The molecule has 54 heavy (non-hydrogen) atoms. The SMILES string of the molecule is C(=Cc1cc(C=Cc2ccc(C=C(c3ccccc3)c3ccccc3)cc2)c2ccccc2c1)c1ccc(C=C(c2ccccc2)c2ccccc2)cc1. The maximum Gasteiger partial charge on any atom is -0.0105 e. The van der Waals surface area contributed by atoms with Crippen molar-refractivity contribution >= 4 is 58.4 Å². The molecule has 0 heterocycles. The van der Waals surface area contributed by atoms with Crippen LogP contribution in [0.15, 0.2) is 206 Å². The van der Waals surface area contributed by atoms with Gasteiger partial charge in [0.05, 0.1) is 0 Å². The minimum atomic E-state index is 1.16.